The zero-order chi connectivity index (χ0) is 15.5. The van der Waals surface area contributed by atoms with Gasteiger partial charge in [-0.25, -0.2) is 13.1 Å². The van der Waals surface area contributed by atoms with E-state index in [-0.39, 0.29) is 23.9 Å². The normalized spacial score (nSPS) is 19.9. The summed E-state index contributed by atoms with van der Waals surface area (Å²) in [5.74, 6) is -0.110. The first-order valence-electron chi connectivity index (χ1n) is 6.64. The molecule has 0 aliphatic carbocycles. The lowest BCUT2D eigenvalue weighted by Gasteiger charge is -2.15. The van der Waals surface area contributed by atoms with Gasteiger partial charge in [-0.1, -0.05) is 18.2 Å². The van der Waals surface area contributed by atoms with Gasteiger partial charge in [-0.05, 0) is 31.0 Å². The van der Waals surface area contributed by atoms with Crippen molar-refractivity contribution < 1.29 is 21.6 Å². The lowest BCUT2D eigenvalue weighted by atomic mass is 10.1. The smallest absolute Gasteiger partial charge is 0.313 e. The Kier molecular flexibility index (Phi) is 4.90. The van der Waals surface area contributed by atoms with Crippen molar-refractivity contribution in [2.24, 2.45) is 0 Å². The van der Waals surface area contributed by atoms with E-state index in [1.54, 1.807) is 0 Å². The molecule has 8 heteroatoms. The third kappa shape index (κ3) is 4.69. The van der Waals surface area contributed by atoms with Crippen LogP contribution in [0.4, 0.5) is 13.2 Å². The Bertz CT molecular complexity index is 581. The van der Waals surface area contributed by atoms with E-state index in [9.17, 15) is 21.6 Å². The van der Waals surface area contributed by atoms with Crippen LogP contribution in [0.2, 0.25) is 0 Å². The monoisotopic (exact) mass is 322 g/mol. The summed E-state index contributed by atoms with van der Waals surface area (Å²) < 4.78 is 64.4. The van der Waals surface area contributed by atoms with Gasteiger partial charge < -0.3 is 5.32 Å². The van der Waals surface area contributed by atoms with Crippen LogP contribution in [0.15, 0.2) is 24.3 Å². The van der Waals surface area contributed by atoms with Crippen molar-refractivity contribution in [1.29, 1.82) is 0 Å². The average Bonchev–Trinajstić information content (AvgIpc) is 2.88. The summed E-state index contributed by atoms with van der Waals surface area (Å²) in [6.07, 6.45) is -2.81. The molecule has 1 aliphatic rings. The molecule has 1 atom stereocenters. The molecule has 21 heavy (non-hydrogen) atoms. The van der Waals surface area contributed by atoms with Crippen molar-refractivity contribution in [3.8, 4) is 0 Å². The summed E-state index contributed by atoms with van der Waals surface area (Å²) in [4.78, 5) is 0. The van der Waals surface area contributed by atoms with Crippen LogP contribution >= 0.6 is 0 Å². The number of benzene rings is 1. The van der Waals surface area contributed by atoms with Gasteiger partial charge >= 0.3 is 6.18 Å². The molecule has 2 N–H and O–H groups in total. The maximum absolute atomic E-state index is 12.8. The molecular formula is C13H17F3N2O2S. The number of sulfonamides is 1. The summed E-state index contributed by atoms with van der Waals surface area (Å²) in [7, 11) is -3.61. The van der Waals surface area contributed by atoms with Crippen molar-refractivity contribution in [2.75, 3.05) is 12.3 Å². The average molecular weight is 322 g/mol. The second-order valence-corrected chi connectivity index (χ2v) is 6.90. The van der Waals surface area contributed by atoms with E-state index in [2.05, 4.69) is 10.0 Å². The molecular weight excluding hydrogens is 305 g/mol. The van der Waals surface area contributed by atoms with Crippen LogP contribution in [0.5, 0.6) is 0 Å². The maximum Gasteiger partial charge on any atom is 0.416 e. The number of hydrogen-bond donors (Lipinski definition) is 2. The van der Waals surface area contributed by atoms with Gasteiger partial charge in [-0.15, -0.1) is 0 Å². The molecule has 1 heterocycles. The Balaban J connectivity index is 2.02. The van der Waals surface area contributed by atoms with Gasteiger partial charge in [0.05, 0.1) is 11.3 Å². The minimum absolute atomic E-state index is 0.0760. The maximum atomic E-state index is 12.8. The van der Waals surface area contributed by atoms with Gasteiger partial charge in [-0.3, -0.25) is 0 Å². The Hall–Kier alpha value is -1.12. The Morgan fingerprint density at radius 1 is 1.29 bits per heavy atom. The van der Waals surface area contributed by atoms with Crippen LogP contribution in [0.3, 0.4) is 0 Å². The molecule has 0 bridgehead atoms. The van der Waals surface area contributed by atoms with Crippen LogP contribution in [-0.2, 0) is 22.7 Å². The zero-order valence-electron chi connectivity index (χ0n) is 11.3. The quantitative estimate of drug-likeness (QED) is 0.870. The lowest BCUT2D eigenvalue weighted by molar-refractivity contribution is -0.138. The van der Waals surface area contributed by atoms with E-state index in [1.165, 1.54) is 18.2 Å². The standard InChI is InChI=1S/C13H17F3N2O2S/c14-13(15,16)12-6-2-1-4-10(12)8-18-21(19,20)9-11-5-3-7-17-11/h1-2,4,6,11,17-18H,3,5,7-9H2. The summed E-state index contributed by atoms with van der Waals surface area (Å²) >= 11 is 0. The van der Waals surface area contributed by atoms with Crippen LogP contribution in [0.25, 0.3) is 0 Å². The number of alkyl halides is 3. The predicted molar refractivity (Wildman–Crippen MR) is 73.1 cm³/mol. The van der Waals surface area contributed by atoms with Gasteiger partial charge in [0, 0.05) is 12.6 Å². The molecule has 2 rings (SSSR count). The number of nitrogens with one attached hydrogen (secondary N) is 2. The molecule has 118 valence electrons. The number of rotatable bonds is 5. The fraction of sp³-hybridized carbons (Fsp3) is 0.538. The largest absolute Gasteiger partial charge is 0.416 e. The number of hydrogen-bond acceptors (Lipinski definition) is 3. The Labute approximate surface area is 121 Å². The van der Waals surface area contributed by atoms with Crippen LogP contribution in [0.1, 0.15) is 24.0 Å². The summed E-state index contributed by atoms with van der Waals surface area (Å²) in [6, 6.07) is 4.84. The van der Waals surface area contributed by atoms with Crippen LogP contribution in [0, 0.1) is 0 Å². The third-order valence-corrected chi connectivity index (χ3v) is 4.81. The highest BCUT2D eigenvalue weighted by atomic mass is 32.2. The third-order valence-electron chi connectivity index (χ3n) is 3.39. The van der Waals surface area contributed by atoms with E-state index < -0.39 is 21.8 Å². The van der Waals surface area contributed by atoms with Crippen molar-refractivity contribution >= 4 is 10.0 Å². The molecule has 1 aromatic rings. The molecule has 0 saturated carbocycles. The Morgan fingerprint density at radius 3 is 2.62 bits per heavy atom. The highest BCUT2D eigenvalue weighted by Crippen LogP contribution is 2.31. The molecule has 1 aromatic carbocycles. The van der Waals surface area contributed by atoms with Gasteiger partial charge in [0.1, 0.15) is 0 Å². The number of halogens is 3. The van der Waals surface area contributed by atoms with Crippen molar-refractivity contribution in [2.45, 2.75) is 31.6 Å². The van der Waals surface area contributed by atoms with Gasteiger partial charge in [0.15, 0.2) is 0 Å². The summed E-state index contributed by atoms with van der Waals surface area (Å²) in [5.41, 5.74) is -0.889. The van der Waals surface area contributed by atoms with Crippen molar-refractivity contribution in [3.63, 3.8) is 0 Å². The molecule has 0 aromatic heterocycles. The zero-order valence-corrected chi connectivity index (χ0v) is 12.1. The van der Waals surface area contributed by atoms with E-state index >= 15 is 0 Å². The van der Waals surface area contributed by atoms with Crippen LogP contribution < -0.4 is 10.0 Å². The highest BCUT2D eigenvalue weighted by molar-refractivity contribution is 7.89. The first-order valence-corrected chi connectivity index (χ1v) is 8.29. The lowest BCUT2D eigenvalue weighted by Crippen LogP contribution is -2.36. The first kappa shape index (κ1) is 16.3. The molecule has 1 aliphatic heterocycles. The fourth-order valence-corrected chi connectivity index (χ4v) is 3.67. The minimum atomic E-state index is -4.49. The molecule has 4 nitrogen and oxygen atoms in total. The SMILES string of the molecule is O=S(=O)(CC1CCCN1)NCc1ccccc1C(F)(F)F. The first-order chi connectivity index (χ1) is 9.78. The second-order valence-electron chi connectivity index (χ2n) is 5.05. The van der Waals surface area contributed by atoms with Crippen molar-refractivity contribution in [3.05, 3.63) is 35.4 Å². The van der Waals surface area contributed by atoms with Gasteiger partial charge in [0.25, 0.3) is 0 Å². The van der Waals surface area contributed by atoms with Crippen LogP contribution in [-0.4, -0.2) is 26.8 Å². The molecule has 0 spiro atoms. The van der Waals surface area contributed by atoms with Crippen molar-refractivity contribution in [1.82, 2.24) is 10.0 Å². The van der Waals surface area contributed by atoms with E-state index in [4.69, 9.17) is 0 Å². The van der Waals surface area contributed by atoms with Gasteiger partial charge in [0.2, 0.25) is 10.0 Å². The molecule has 1 unspecified atom stereocenters. The molecule has 0 radical (unpaired) electrons. The van der Waals surface area contributed by atoms with E-state index in [0.29, 0.717) is 0 Å². The van der Waals surface area contributed by atoms with E-state index in [0.717, 1.165) is 25.5 Å². The Morgan fingerprint density at radius 2 is 2.00 bits per heavy atom. The molecule has 1 saturated heterocycles. The summed E-state index contributed by atoms with van der Waals surface area (Å²) in [6.45, 7) is 0.418. The predicted octanol–water partition coefficient (Wildman–Crippen LogP) is 1.88. The highest BCUT2D eigenvalue weighted by Gasteiger charge is 2.33. The van der Waals surface area contributed by atoms with E-state index in [1.807, 2.05) is 0 Å². The van der Waals surface area contributed by atoms with Gasteiger partial charge in [-0.2, -0.15) is 13.2 Å². The minimum Gasteiger partial charge on any atom is -0.313 e. The molecule has 0 amide bonds. The second kappa shape index (κ2) is 6.33. The fourth-order valence-electron chi connectivity index (χ4n) is 2.36. The summed E-state index contributed by atoms with van der Waals surface area (Å²) in [5, 5.41) is 3.05. The topological polar surface area (TPSA) is 58.2 Å². The molecule has 1 fully saturated rings.